The van der Waals surface area contributed by atoms with Gasteiger partial charge >= 0.3 is 0 Å². The van der Waals surface area contributed by atoms with E-state index in [2.05, 4.69) is 37.4 Å². The molecular weight excluding hydrogens is 246 g/mol. The molecule has 4 heteroatoms. The molecule has 0 spiro atoms. The van der Waals surface area contributed by atoms with Gasteiger partial charge < -0.3 is 14.8 Å². The lowest BCUT2D eigenvalue weighted by molar-refractivity contribution is 0.0455. The quantitative estimate of drug-likeness (QED) is 0.857. The van der Waals surface area contributed by atoms with Crippen LogP contribution >= 0.6 is 11.8 Å². The Hall–Kier alpha value is -0.870. The monoisotopic (exact) mass is 267 g/mol. The normalized spacial score (nSPS) is 15.6. The van der Waals surface area contributed by atoms with Crippen LogP contribution in [-0.4, -0.2) is 32.1 Å². The zero-order valence-electron chi connectivity index (χ0n) is 11.2. The van der Waals surface area contributed by atoms with E-state index in [1.54, 1.807) is 7.11 Å². The third kappa shape index (κ3) is 3.56. The molecule has 100 valence electrons. The van der Waals surface area contributed by atoms with E-state index in [1.807, 2.05) is 11.8 Å². The van der Waals surface area contributed by atoms with Gasteiger partial charge in [0.25, 0.3) is 0 Å². The maximum absolute atomic E-state index is 5.44. The Morgan fingerprint density at radius 2 is 2.22 bits per heavy atom. The van der Waals surface area contributed by atoms with Crippen molar-refractivity contribution >= 4 is 17.4 Å². The van der Waals surface area contributed by atoms with Crippen molar-refractivity contribution in [3.05, 3.63) is 18.2 Å². The highest BCUT2D eigenvalue weighted by Crippen LogP contribution is 2.34. The van der Waals surface area contributed by atoms with Gasteiger partial charge in [0.15, 0.2) is 0 Å². The fraction of sp³-hybridized carbons (Fsp3) is 0.571. The Morgan fingerprint density at radius 1 is 1.44 bits per heavy atom. The molecule has 0 aliphatic carbocycles. The topological polar surface area (TPSA) is 30.5 Å². The molecule has 2 rings (SSSR count). The van der Waals surface area contributed by atoms with Gasteiger partial charge in [0.05, 0.1) is 31.3 Å². The van der Waals surface area contributed by atoms with Crippen molar-refractivity contribution in [1.82, 2.24) is 0 Å². The van der Waals surface area contributed by atoms with Gasteiger partial charge in [-0.05, 0) is 24.1 Å². The first-order chi connectivity index (χ1) is 8.69. The molecule has 1 N–H and O–H groups in total. The molecule has 3 nitrogen and oxygen atoms in total. The lowest BCUT2D eigenvalue weighted by Crippen LogP contribution is -2.29. The highest BCUT2D eigenvalue weighted by atomic mass is 32.2. The van der Waals surface area contributed by atoms with Crippen LogP contribution in [0.1, 0.15) is 13.8 Å². The first-order valence-electron chi connectivity index (χ1n) is 6.35. The van der Waals surface area contributed by atoms with E-state index in [4.69, 9.17) is 9.47 Å². The van der Waals surface area contributed by atoms with Crippen molar-refractivity contribution in [2.24, 2.45) is 5.92 Å². The SMILES string of the molecule is COc1cc(SC2COC2)ccc1NCC(C)C. The molecule has 1 aromatic rings. The standard InChI is InChI=1S/C14H21NO2S/c1-10(2)7-15-13-5-4-11(6-14(13)16-3)18-12-8-17-9-12/h4-6,10,12,15H,7-9H2,1-3H3. The number of hydrogen-bond acceptors (Lipinski definition) is 4. The summed E-state index contributed by atoms with van der Waals surface area (Å²) >= 11 is 1.86. The molecule has 1 fully saturated rings. The Kier molecular flexibility index (Phi) is 4.78. The van der Waals surface area contributed by atoms with Gasteiger partial charge in [0, 0.05) is 11.4 Å². The summed E-state index contributed by atoms with van der Waals surface area (Å²) in [5, 5.41) is 4.01. The summed E-state index contributed by atoms with van der Waals surface area (Å²) in [7, 11) is 1.72. The van der Waals surface area contributed by atoms with Crippen molar-refractivity contribution < 1.29 is 9.47 Å². The Bertz CT molecular complexity index is 391. The molecule has 0 aromatic heterocycles. The van der Waals surface area contributed by atoms with Gasteiger partial charge in [-0.2, -0.15) is 0 Å². The number of benzene rings is 1. The minimum Gasteiger partial charge on any atom is -0.495 e. The van der Waals surface area contributed by atoms with E-state index >= 15 is 0 Å². The van der Waals surface area contributed by atoms with Gasteiger partial charge in [-0.3, -0.25) is 0 Å². The lowest BCUT2D eigenvalue weighted by atomic mass is 10.2. The number of methoxy groups -OCH3 is 1. The second-order valence-electron chi connectivity index (χ2n) is 4.91. The second kappa shape index (κ2) is 6.34. The summed E-state index contributed by atoms with van der Waals surface area (Å²) in [6, 6.07) is 6.35. The molecule has 0 unspecified atom stereocenters. The van der Waals surface area contributed by atoms with Crippen LogP contribution in [0.15, 0.2) is 23.1 Å². The number of thioether (sulfide) groups is 1. The summed E-state index contributed by atoms with van der Waals surface area (Å²) in [5.74, 6) is 1.54. The third-order valence-electron chi connectivity index (χ3n) is 2.78. The van der Waals surface area contributed by atoms with Crippen LogP contribution in [0.2, 0.25) is 0 Å². The second-order valence-corrected chi connectivity index (χ2v) is 6.29. The molecule has 1 aliphatic rings. The summed E-state index contributed by atoms with van der Waals surface area (Å²) in [6.45, 7) is 7.07. The lowest BCUT2D eigenvalue weighted by Gasteiger charge is -2.25. The first-order valence-corrected chi connectivity index (χ1v) is 7.23. The van der Waals surface area contributed by atoms with E-state index in [1.165, 1.54) is 4.90 Å². The van der Waals surface area contributed by atoms with Crippen LogP contribution in [0.5, 0.6) is 5.75 Å². The Morgan fingerprint density at radius 3 is 2.78 bits per heavy atom. The van der Waals surface area contributed by atoms with E-state index in [0.717, 1.165) is 31.2 Å². The highest BCUT2D eigenvalue weighted by Gasteiger charge is 2.20. The number of hydrogen-bond donors (Lipinski definition) is 1. The first kappa shape index (κ1) is 13.6. The van der Waals surface area contributed by atoms with Crippen LogP contribution in [0.3, 0.4) is 0 Å². The fourth-order valence-corrected chi connectivity index (χ4v) is 2.71. The van der Waals surface area contributed by atoms with Crippen LogP contribution in [0.4, 0.5) is 5.69 Å². The molecule has 0 radical (unpaired) electrons. The molecular formula is C14H21NO2S. The van der Waals surface area contributed by atoms with Crippen LogP contribution in [0, 0.1) is 5.92 Å². The number of ether oxygens (including phenoxy) is 2. The van der Waals surface area contributed by atoms with Gasteiger partial charge in [-0.15, -0.1) is 11.8 Å². The van der Waals surface area contributed by atoms with E-state index in [9.17, 15) is 0 Å². The van der Waals surface area contributed by atoms with Gasteiger partial charge in [-0.25, -0.2) is 0 Å². The maximum atomic E-state index is 5.44. The molecule has 0 amide bonds. The van der Waals surface area contributed by atoms with Crippen molar-refractivity contribution in [2.45, 2.75) is 24.0 Å². The van der Waals surface area contributed by atoms with Crippen molar-refractivity contribution in [2.75, 3.05) is 32.2 Å². The van der Waals surface area contributed by atoms with E-state index < -0.39 is 0 Å². The van der Waals surface area contributed by atoms with E-state index in [0.29, 0.717) is 11.2 Å². The van der Waals surface area contributed by atoms with Gasteiger partial charge in [0.2, 0.25) is 0 Å². The predicted molar refractivity (Wildman–Crippen MR) is 76.8 cm³/mol. The fourth-order valence-electron chi connectivity index (χ4n) is 1.68. The third-order valence-corrected chi connectivity index (χ3v) is 3.92. The zero-order valence-corrected chi connectivity index (χ0v) is 12.0. The van der Waals surface area contributed by atoms with Crippen LogP contribution in [0.25, 0.3) is 0 Å². The number of rotatable bonds is 6. The smallest absolute Gasteiger partial charge is 0.143 e. The number of nitrogens with one attached hydrogen (secondary N) is 1. The summed E-state index contributed by atoms with van der Waals surface area (Å²) in [6.07, 6.45) is 0. The summed E-state index contributed by atoms with van der Waals surface area (Å²) in [5.41, 5.74) is 1.07. The van der Waals surface area contributed by atoms with Gasteiger partial charge in [0.1, 0.15) is 5.75 Å². The Balaban J connectivity index is 2.02. The average Bonchev–Trinajstić information content (AvgIpc) is 2.31. The summed E-state index contributed by atoms with van der Waals surface area (Å²) < 4.78 is 10.6. The molecule has 18 heavy (non-hydrogen) atoms. The van der Waals surface area contributed by atoms with Crippen molar-refractivity contribution in [1.29, 1.82) is 0 Å². The number of anilines is 1. The Labute approximate surface area is 113 Å². The van der Waals surface area contributed by atoms with Crippen LogP contribution < -0.4 is 10.1 Å². The molecule has 1 heterocycles. The molecule has 1 aliphatic heterocycles. The molecule has 1 aromatic carbocycles. The molecule has 0 bridgehead atoms. The maximum Gasteiger partial charge on any atom is 0.143 e. The minimum absolute atomic E-state index is 0.601. The summed E-state index contributed by atoms with van der Waals surface area (Å²) in [4.78, 5) is 1.25. The van der Waals surface area contributed by atoms with E-state index in [-0.39, 0.29) is 0 Å². The average molecular weight is 267 g/mol. The largest absolute Gasteiger partial charge is 0.495 e. The minimum atomic E-state index is 0.601. The molecule has 0 atom stereocenters. The molecule has 0 saturated carbocycles. The van der Waals surface area contributed by atoms with Crippen molar-refractivity contribution in [3.8, 4) is 5.75 Å². The van der Waals surface area contributed by atoms with Gasteiger partial charge in [-0.1, -0.05) is 13.8 Å². The molecule has 1 saturated heterocycles. The van der Waals surface area contributed by atoms with Crippen molar-refractivity contribution in [3.63, 3.8) is 0 Å². The highest BCUT2D eigenvalue weighted by molar-refractivity contribution is 8.00. The predicted octanol–water partition coefficient (Wildman–Crippen LogP) is 3.25. The van der Waals surface area contributed by atoms with Crippen LogP contribution in [-0.2, 0) is 4.74 Å². The zero-order chi connectivity index (χ0) is 13.0.